The number of fused-ring (bicyclic) bond motifs is 1. The van der Waals surface area contributed by atoms with E-state index in [4.69, 9.17) is 0 Å². The van der Waals surface area contributed by atoms with Crippen LogP contribution < -0.4 is 5.32 Å². The Bertz CT molecular complexity index is 827. The molecule has 2 aromatic heterocycles. The summed E-state index contributed by atoms with van der Waals surface area (Å²) in [5.74, 6) is 1.10. The lowest BCUT2D eigenvalue weighted by Crippen LogP contribution is -2.14. The Hall–Kier alpha value is -2.09. The molecule has 3 aromatic rings. The molecule has 0 radical (unpaired) electrons. The van der Waals surface area contributed by atoms with Crippen molar-refractivity contribution in [2.24, 2.45) is 5.92 Å². The molecule has 2 heterocycles. The maximum absolute atomic E-state index is 13.7. The maximum Gasteiger partial charge on any atom is 0.200 e. The summed E-state index contributed by atoms with van der Waals surface area (Å²) in [5, 5.41) is 18.9. The highest BCUT2D eigenvalue weighted by molar-refractivity contribution is 9.10. The van der Waals surface area contributed by atoms with Crippen LogP contribution in [0.5, 0.6) is 0 Å². The zero-order valence-corrected chi connectivity index (χ0v) is 13.7. The third-order valence-corrected chi connectivity index (χ3v) is 4.40. The lowest BCUT2D eigenvalue weighted by Gasteiger charge is -2.20. The van der Waals surface area contributed by atoms with Gasteiger partial charge in [0.25, 0.3) is 0 Å². The van der Waals surface area contributed by atoms with Gasteiger partial charge in [0.2, 0.25) is 0 Å². The van der Waals surface area contributed by atoms with Crippen LogP contribution in [-0.4, -0.2) is 25.3 Å². The summed E-state index contributed by atoms with van der Waals surface area (Å²) in [6.45, 7) is 0. The molecular weight excluding hydrogens is 363 g/mol. The number of aromatic nitrogens is 5. The van der Waals surface area contributed by atoms with Crippen LogP contribution in [0, 0.1) is 11.7 Å². The van der Waals surface area contributed by atoms with E-state index in [2.05, 4.69) is 41.9 Å². The minimum atomic E-state index is -0.249. The Morgan fingerprint density at radius 3 is 2.96 bits per heavy atom. The van der Waals surface area contributed by atoms with Crippen molar-refractivity contribution in [3.63, 3.8) is 0 Å². The van der Waals surface area contributed by atoms with Crippen LogP contribution in [0.1, 0.15) is 30.9 Å². The van der Waals surface area contributed by atoms with Gasteiger partial charge in [-0.05, 0) is 58.7 Å². The molecule has 118 valence electrons. The van der Waals surface area contributed by atoms with Crippen LogP contribution >= 0.6 is 15.9 Å². The van der Waals surface area contributed by atoms with Gasteiger partial charge in [-0.1, -0.05) is 28.8 Å². The number of tetrazole rings is 1. The van der Waals surface area contributed by atoms with Crippen LogP contribution in [0.4, 0.5) is 10.2 Å². The fourth-order valence-electron chi connectivity index (χ4n) is 2.65. The molecule has 1 saturated carbocycles. The zero-order chi connectivity index (χ0) is 15.8. The highest BCUT2D eigenvalue weighted by Gasteiger charge is 2.27. The molecule has 0 aliphatic heterocycles. The van der Waals surface area contributed by atoms with Crippen molar-refractivity contribution >= 4 is 27.4 Å². The molecule has 1 unspecified atom stereocenters. The Labute approximate surface area is 140 Å². The van der Waals surface area contributed by atoms with E-state index in [-0.39, 0.29) is 11.9 Å². The molecule has 1 aliphatic carbocycles. The smallest absolute Gasteiger partial charge is 0.200 e. The average Bonchev–Trinajstić information content (AvgIpc) is 3.20. The summed E-state index contributed by atoms with van der Waals surface area (Å²) in [5.41, 5.74) is 1.49. The first-order chi connectivity index (χ1) is 11.2. The lowest BCUT2D eigenvalue weighted by atomic mass is 10.0. The van der Waals surface area contributed by atoms with Crippen molar-refractivity contribution in [3.05, 3.63) is 46.2 Å². The summed E-state index contributed by atoms with van der Waals surface area (Å²) in [6.07, 6.45) is 3.41. The molecule has 1 atom stereocenters. The minimum Gasteiger partial charge on any atom is -0.362 e. The Morgan fingerprint density at radius 1 is 1.30 bits per heavy atom. The first kappa shape index (κ1) is 14.5. The van der Waals surface area contributed by atoms with E-state index in [0.29, 0.717) is 17.4 Å². The lowest BCUT2D eigenvalue weighted by molar-refractivity contribution is 0.600. The number of halogens is 2. The van der Waals surface area contributed by atoms with Gasteiger partial charge in [-0.2, -0.15) is 0 Å². The molecule has 8 heteroatoms. The normalized spacial score (nSPS) is 15.7. The van der Waals surface area contributed by atoms with Gasteiger partial charge in [0.05, 0.1) is 6.04 Å². The molecule has 23 heavy (non-hydrogen) atoms. The van der Waals surface area contributed by atoms with Crippen molar-refractivity contribution < 1.29 is 4.39 Å². The molecule has 0 bridgehead atoms. The van der Waals surface area contributed by atoms with E-state index in [9.17, 15) is 4.39 Å². The van der Waals surface area contributed by atoms with Crippen molar-refractivity contribution in [1.82, 2.24) is 25.3 Å². The number of benzene rings is 1. The van der Waals surface area contributed by atoms with E-state index < -0.39 is 0 Å². The number of nitrogens with one attached hydrogen (secondary N) is 1. The minimum absolute atomic E-state index is 0.00377. The second kappa shape index (κ2) is 5.84. The molecule has 1 aromatic carbocycles. The van der Waals surface area contributed by atoms with E-state index in [1.54, 1.807) is 12.1 Å². The van der Waals surface area contributed by atoms with E-state index in [1.807, 2.05) is 12.1 Å². The average molecular weight is 377 g/mol. The molecule has 1 N–H and O–H groups in total. The van der Waals surface area contributed by atoms with E-state index in [0.717, 1.165) is 16.5 Å². The van der Waals surface area contributed by atoms with Crippen LogP contribution in [0.3, 0.4) is 0 Å². The highest BCUT2D eigenvalue weighted by Crippen LogP contribution is 2.39. The van der Waals surface area contributed by atoms with Gasteiger partial charge in [0, 0.05) is 4.47 Å². The quantitative estimate of drug-likeness (QED) is 0.739. The fraction of sp³-hybridized carbons (Fsp3) is 0.333. The second-order valence-electron chi connectivity index (χ2n) is 5.82. The molecule has 6 nitrogen and oxygen atoms in total. The van der Waals surface area contributed by atoms with Crippen LogP contribution in [-0.2, 0) is 0 Å². The third kappa shape index (κ3) is 3.31. The number of nitrogens with zero attached hydrogens (tertiary/aromatic N) is 5. The Morgan fingerprint density at radius 2 is 2.17 bits per heavy atom. The Kier molecular flexibility index (Phi) is 3.68. The summed E-state index contributed by atoms with van der Waals surface area (Å²) in [4.78, 5) is 0. The fourth-order valence-corrected chi connectivity index (χ4v) is 3.13. The van der Waals surface area contributed by atoms with E-state index in [1.165, 1.54) is 23.5 Å². The van der Waals surface area contributed by atoms with Gasteiger partial charge in [0.15, 0.2) is 5.65 Å². The van der Waals surface area contributed by atoms with Gasteiger partial charge >= 0.3 is 0 Å². The van der Waals surface area contributed by atoms with Gasteiger partial charge in [-0.3, -0.25) is 0 Å². The third-order valence-electron chi connectivity index (χ3n) is 3.94. The van der Waals surface area contributed by atoms with E-state index >= 15 is 0 Å². The SMILES string of the molecule is Fc1cc(Br)cc(C(CC2CC2)Nc2ccc3nnnn3n2)c1. The predicted octanol–water partition coefficient (Wildman–Crippen LogP) is 3.37. The van der Waals surface area contributed by atoms with Crippen molar-refractivity contribution in [2.45, 2.75) is 25.3 Å². The zero-order valence-electron chi connectivity index (χ0n) is 12.2. The van der Waals surface area contributed by atoms with Crippen LogP contribution in [0.2, 0.25) is 0 Å². The second-order valence-corrected chi connectivity index (χ2v) is 6.74. The van der Waals surface area contributed by atoms with Crippen molar-refractivity contribution in [2.75, 3.05) is 5.32 Å². The topological polar surface area (TPSA) is 68.0 Å². The van der Waals surface area contributed by atoms with Gasteiger partial charge < -0.3 is 5.32 Å². The van der Waals surface area contributed by atoms with Crippen LogP contribution in [0.15, 0.2) is 34.8 Å². The monoisotopic (exact) mass is 376 g/mol. The highest BCUT2D eigenvalue weighted by atomic mass is 79.9. The summed E-state index contributed by atoms with van der Waals surface area (Å²) in [7, 11) is 0. The number of rotatable bonds is 5. The molecule has 4 rings (SSSR count). The largest absolute Gasteiger partial charge is 0.362 e. The van der Waals surface area contributed by atoms with Crippen molar-refractivity contribution in [3.8, 4) is 0 Å². The first-order valence-corrected chi connectivity index (χ1v) is 8.24. The Balaban J connectivity index is 1.64. The summed E-state index contributed by atoms with van der Waals surface area (Å²) >= 11 is 3.36. The van der Waals surface area contributed by atoms with Crippen LogP contribution in [0.25, 0.3) is 5.65 Å². The summed E-state index contributed by atoms with van der Waals surface area (Å²) < 4.78 is 15.9. The number of hydrogen-bond acceptors (Lipinski definition) is 5. The molecule has 1 fully saturated rings. The molecule has 0 saturated heterocycles. The van der Waals surface area contributed by atoms with Gasteiger partial charge in [-0.25, -0.2) is 4.39 Å². The maximum atomic E-state index is 13.7. The number of anilines is 1. The van der Waals surface area contributed by atoms with Crippen molar-refractivity contribution in [1.29, 1.82) is 0 Å². The molecule has 0 spiro atoms. The molecule has 0 amide bonds. The predicted molar refractivity (Wildman–Crippen MR) is 86.4 cm³/mol. The summed E-state index contributed by atoms with van der Waals surface area (Å²) in [6, 6.07) is 8.60. The molecule has 1 aliphatic rings. The first-order valence-electron chi connectivity index (χ1n) is 7.45. The molecular formula is C15H14BrFN6. The van der Waals surface area contributed by atoms with Gasteiger partial charge in [-0.15, -0.1) is 14.8 Å². The van der Waals surface area contributed by atoms with Gasteiger partial charge in [0.1, 0.15) is 11.6 Å². The number of hydrogen-bond donors (Lipinski definition) is 1. The standard InChI is InChI=1S/C15H14BrFN6/c16-11-6-10(7-12(17)8-11)13(5-9-1-2-9)18-14-3-4-15-19-21-22-23(15)20-14/h3-4,6-9,13H,1-2,5H2,(H,18,20).